The summed E-state index contributed by atoms with van der Waals surface area (Å²) in [5.41, 5.74) is 6.05. The molecule has 0 unspecified atom stereocenters. The number of fused-ring (bicyclic) bond motifs is 1. The number of nitrogens with one attached hydrogen (secondary N) is 1. The minimum Gasteiger partial charge on any atom is -0.378 e. The lowest BCUT2D eigenvalue weighted by molar-refractivity contribution is 0.0299. The summed E-state index contributed by atoms with van der Waals surface area (Å²) in [7, 11) is 0. The van der Waals surface area contributed by atoms with Crippen LogP contribution in [-0.2, 0) is 11.2 Å². The summed E-state index contributed by atoms with van der Waals surface area (Å²) in [5, 5.41) is 8.49. The van der Waals surface area contributed by atoms with E-state index in [9.17, 15) is 4.79 Å². The smallest absolute Gasteiger partial charge is 0.272 e. The summed E-state index contributed by atoms with van der Waals surface area (Å²) in [4.78, 5) is 21.9. The molecule has 3 aromatic heterocycles. The maximum Gasteiger partial charge on any atom is 0.272 e. The van der Waals surface area contributed by atoms with Gasteiger partial charge in [0, 0.05) is 36.4 Å². The monoisotopic (exact) mass is 429 g/mol. The van der Waals surface area contributed by atoms with Crippen LogP contribution < -0.4 is 0 Å². The second-order valence-corrected chi connectivity index (χ2v) is 7.61. The lowest BCUT2D eigenvalue weighted by Gasteiger charge is -2.26. The van der Waals surface area contributed by atoms with Crippen LogP contribution in [0.4, 0.5) is 0 Å². The summed E-state index contributed by atoms with van der Waals surface area (Å²) in [5.74, 6) is -0.00565. The van der Waals surface area contributed by atoms with E-state index in [1.165, 1.54) is 11.1 Å². The maximum atomic E-state index is 11.8. The zero-order valence-corrected chi connectivity index (χ0v) is 18.4. The Labute approximate surface area is 187 Å². The van der Waals surface area contributed by atoms with Crippen molar-refractivity contribution in [2.45, 2.75) is 20.3 Å². The molecule has 0 spiro atoms. The lowest BCUT2D eigenvalue weighted by atomic mass is 10.0. The van der Waals surface area contributed by atoms with E-state index >= 15 is 0 Å². The summed E-state index contributed by atoms with van der Waals surface area (Å²) in [6.07, 6.45) is 4.49. The molecule has 1 amide bonds. The van der Waals surface area contributed by atoms with Crippen molar-refractivity contribution in [3.63, 3.8) is 0 Å². The van der Waals surface area contributed by atoms with Gasteiger partial charge in [-0.15, -0.1) is 0 Å². The van der Waals surface area contributed by atoms with Gasteiger partial charge >= 0.3 is 0 Å². The molecule has 32 heavy (non-hydrogen) atoms. The molecular formula is C25H27N5O2. The van der Waals surface area contributed by atoms with Crippen molar-refractivity contribution in [2.75, 3.05) is 26.3 Å². The number of hydrogen-bond donors (Lipinski definition) is 1. The third-order valence-electron chi connectivity index (χ3n) is 5.40. The van der Waals surface area contributed by atoms with E-state index in [2.05, 4.69) is 64.3 Å². The Kier molecular flexibility index (Phi) is 6.87. The maximum absolute atomic E-state index is 11.8. The molecule has 0 bridgehead atoms. The Bertz CT molecular complexity index is 1180. The highest BCUT2D eigenvalue weighted by Gasteiger charge is 2.18. The second-order valence-electron chi connectivity index (χ2n) is 7.61. The molecule has 4 aromatic rings. The number of benzene rings is 1. The average Bonchev–Trinajstić information content (AvgIpc) is 3.28. The first-order valence-corrected chi connectivity index (χ1v) is 10.8. The van der Waals surface area contributed by atoms with Crippen LogP contribution in [0.2, 0.25) is 0 Å². The molecule has 7 heteroatoms. The van der Waals surface area contributed by atoms with Gasteiger partial charge in [-0.05, 0) is 42.7 Å². The van der Waals surface area contributed by atoms with Crippen LogP contribution in [0.25, 0.3) is 22.3 Å². The van der Waals surface area contributed by atoms with E-state index in [4.69, 9.17) is 4.74 Å². The number of nitrogens with zero attached hydrogens (tertiary/aromatic N) is 4. The predicted molar refractivity (Wildman–Crippen MR) is 124 cm³/mol. The molecule has 1 N–H and O–H groups in total. The van der Waals surface area contributed by atoms with Gasteiger partial charge in [-0.3, -0.25) is 14.9 Å². The van der Waals surface area contributed by atoms with Crippen molar-refractivity contribution in [1.82, 2.24) is 25.1 Å². The van der Waals surface area contributed by atoms with E-state index in [0.29, 0.717) is 32.0 Å². The highest BCUT2D eigenvalue weighted by atomic mass is 16.5. The van der Waals surface area contributed by atoms with E-state index in [1.807, 2.05) is 12.3 Å². The molecule has 1 fully saturated rings. The molecule has 1 aromatic carbocycles. The van der Waals surface area contributed by atoms with Gasteiger partial charge < -0.3 is 9.64 Å². The Morgan fingerprint density at radius 2 is 1.88 bits per heavy atom. The zero-order chi connectivity index (χ0) is 22.3. The number of H-pyrrole nitrogens is 1. The third kappa shape index (κ3) is 4.84. The van der Waals surface area contributed by atoms with Crippen LogP contribution in [0.1, 0.15) is 28.5 Å². The molecule has 4 heterocycles. The minimum atomic E-state index is -0.00565. The normalized spacial score (nSPS) is 13.5. The van der Waals surface area contributed by atoms with Gasteiger partial charge in [-0.2, -0.15) is 5.10 Å². The number of aromatic nitrogens is 4. The van der Waals surface area contributed by atoms with Crippen LogP contribution in [0.5, 0.6) is 0 Å². The highest BCUT2D eigenvalue weighted by Crippen LogP contribution is 2.28. The SMILES string of the molecule is CCc1ccccc1-c1[nH]nc2ncc(C)cc12.O=C(c1ccccn1)N1CCOCC1. The number of rotatable bonds is 3. The number of ether oxygens (including phenoxy) is 1. The molecule has 1 saturated heterocycles. The van der Waals surface area contributed by atoms with Gasteiger partial charge in [0.1, 0.15) is 5.69 Å². The second kappa shape index (κ2) is 10.2. The minimum absolute atomic E-state index is 0.00565. The van der Waals surface area contributed by atoms with E-state index < -0.39 is 0 Å². The summed E-state index contributed by atoms with van der Waals surface area (Å²) >= 11 is 0. The Morgan fingerprint density at radius 3 is 2.62 bits per heavy atom. The first-order valence-electron chi connectivity index (χ1n) is 10.8. The highest BCUT2D eigenvalue weighted by molar-refractivity contribution is 5.92. The number of aromatic amines is 1. The molecule has 0 radical (unpaired) electrons. The molecule has 164 valence electrons. The number of morpholine rings is 1. The van der Waals surface area contributed by atoms with Gasteiger partial charge in [0.15, 0.2) is 5.65 Å². The van der Waals surface area contributed by atoms with Gasteiger partial charge in [0.25, 0.3) is 5.91 Å². The summed E-state index contributed by atoms with van der Waals surface area (Å²) < 4.78 is 5.17. The Morgan fingerprint density at radius 1 is 1.09 bits per heavy atom. The predicted octanol–water partition coefficient (Wildman–Crippen LogP) is 4.05. The molecule has 0 atom stereocenters. The van der Waals surface area contributed by atoms with E-state index in [1.54, 1.807) is 23.2 Å². The van der Waals surface area contributed by atoms with Crippen LogP contribution in [0.15, 0.2) is 60.9 Å². The quantitative estimate of drug-likeness (QED) is 0.531. The molecule has 1 aliphatic rings. The number of carbonyl (C=O) groups excluding carboxylic acids is 1. The van der Waals surface area contributed by atoms with Crippen LogP contribution in [-0.4, -0.2) is 57.3 Å². The van der Waals surface area contributed by atoms with Gasteiger partial charge in [0.2, 0.25) is 0 Å². The van der Waals surface area contributed by atoms with E-state index in [0.717, 1.165) is 28.7 Å². The van der Waals surface area contributed by atoms with Crippen molar-refractivity contribution in [2.24, 2.45) is 0 Å². The van der Waals surface area contributed by atoms with Crippen LogP contribution in [0.3, 0.4) is 0 Å². The number of aryl methyl sites for hydroxylation is 2. The molecule has 7 nitrogen and oxygen atoms in total. The molecule has 0 aliphatic carbocycles. The number of hydrogen-bond acceptors (Lipinski definition) is 5. The number of amides is 1. The van der Waals surface area contributed by atoms with Gasteiger partial charge in [-0.25, -0.2) is 4.98 Å². The van der Waals surface area contributed by atoms with Gasteiger partial charge in [-0.1, -0.05) is 37.3 Å². The average molecular weight is 430 g/mol. The first kappa shape index (κ1) is 21.6. The van der Waals surface area contributed by atoms with E-state index in [-0.39, 0.29) is 5.91 Å². The van der Waals surface area contributed by atoms with Crippen molar-refractivity contribution in [1.29, 1.82) is 0 Å². The largest absolute Gasteiger partial charge is 0.378 e. The van der Waals surface area contributed by atoms with Crippen molar-refractivity contribution < 1.29 is 9.53 Å². The molecule has 5 rings (SSSR count). The number of pyridine rings is 2. The Hall–Kier alpha value is -3.58. The zero-order valence-electron chi connectivity index (χ0n) is 18.4. The molecule has 0 saturated carbocycles. The third-order valence-corrected chi connectivity index (χ3v) is 5.40. The fourth-order valence-electron chi connectivity index (χ4n) is 3.70. The first-order chi connectivity index (χ1) is 15.7. The van der Waals surface area contributed by atoms with Crippen molar-refractivity contribution in [3.05, 3.63) is 77.7 Å². The van der Waals surface area contributed by atoms with Gasteiger partial charge in [0.05, 0.1) is 18.9 Å². The molecular weight excluding hydrogens is 402 g/mol. The fraction of sp³-hybridized carbons (Fsp3) is 0.280. The van der Waals surface area contributed by atoms with Crippen LogP contribution in [0, 0.1) is 6.92 Å². The lowest BCUT2D eigenvalue weighted by Crippen LogP contribution is -2.40. The topological polar surface area (TPSA) is 84.0 Å². The van der Waals surface area contributed by atoms with Crippen molar-refractivity contribution in [3.8, 4) is 11.3 Å². The molecule has 1 aliphatic heterocycles. The Balaban J connectivity index is 0.000000158. The standard InChI is InChI=1S/C15H15N3.C10H12N2O2/c1-3-11-6-4-5-7-12(11)14-13-8-10(2)9-16-15(13)18-17-14;13-10(9-3-1-2-4-11-9)12-5-7-14-8-6-12/h4-9H,3H2,1-2H3,(H,16,17,18);1-4H,5-8H2. The summed E-state index contributed by atoms with van der Waals surface area (Å²) in [6.45, 7) is 6.79. The fourth-order valence-corrected chi connectivity index (χ4v) is 3.70. The van der Waals surface area contributed by atoms with Crippen molar-refractivity contribution >= 4 is 16.9 Å². The van der Waals surface area contributed by atoms with Crippen LogP contribution >= 0.6 is 0 Å². The summed E-state index contributed by atoms with van der Waals surface area (Å²) in [6, 6.07) is 15.9. The number of carbonyl (C=O) groups is 1.